The van der Waals surface area contributed by atoms with Gasteiger partial charge in [-0.15, -0.1) is 0 Å². The molecule has 1 fully saturated rings. The van der Waals surface area contributed by atoms with E-state index < -0.39 is 0 Å². The van der Waals surface area contributed by atoms with E-state index in [1.807, 2.05) is 25.1 Å². The zero-order valence-electron chi connectivity index (χ0n) is 14.6. The minimum atomic E-state index is 0.0931. The van der Waals surface area contributed by atoms with Crippen LogP contribution in [0.4, 0.5) is 5.95 Å². The van der Waals surface area contributed by atoms with Gasteiger partial charge in [0, 0.05) is 30.1 Å². The van der Waals surface area contributed by atoms with Gasteiger partial charge in [0.05, 0.1) is 18.9 Å². The molecule has 0 amide bonds. The lowest BCUT2D eigenvalue weighted by atomic mass is 10.1. The lowest BCUT2D eigenvalue weighted by Gasteiger charge is -2.26. The Labute approximate surface area is 152 Å². The molecule has 6 nitrogen and oxygen atoms in total. The molecule has 1 N–H and O–H groups in total. The standard InChI is InChI=1S/C20H20N4O2/c1-14-10-22-20(24-19(14)26-17-12-25-13-17)23-11-15-5-7-16(8-6-15)18-4-2-3-9-21-18/h2-10,17H,11-13H2,1H3,(H,22,23,24). The van der Waals surface area contributed by atoms with E-state index in [1.165, 1.54) is 0 Å². The number of hydrogen-bond acceptors (Lipinski definition) is 6. The molecule has 3 heterocycles. The first-order valence-corrected chi connectivity index (χ1v) is 8.60. The molecule has 0 unspecified atom stereocenters. The predicted octanol–water partition coefficient (Wildman–Crippen LogP) is 3.24. The second kappa shape index (κ2) is 7.49. The first-order valence-electron chi connectivity index (χ1n) is 8.60. The van der Waals surface area contributed by atoms with Crippen LogP contribution in [0.1, 0.15) is 11.1 Å². The smallest absolute Gasteiger partial charge is 0.226 e. The first kappa shape index (κ1) is 16.5. The number of pyridine rings is 1. The van der Waals surface area contributed by atoms with E-state index in [4.69, 9.17) is 9.47 Å². The van der Waals surface area contributed by atoms with Crippen molar-refractivity contribution in [2.75, 3.05) is 18.5 Å². The summed E-state index contributed by atoms with van der Waals surface area (Å²) in [6, 6.07) is 14.2. The van der Waals surface area contributed by atoms with E-state index in [9.17, 15) is 0 Å². The Kier molecular flexibility index (Phi) is 4.75. The Balaban J connectivity index is 1.40. The highest BCUT2D eigenvalue weighted by molar-refractivity contribution is 5.59. The molecule has 1 aliphatic heterocycles. The number of aryl methyl sites for hydroxylation is 1. The van der Waals surface area contributed by atoms with Crippen LogP contribution >= 0.6 is 0 Å². The van der Waals surface area contributed by atoms with Gasteiger partial charge in [-0.05, 0) is 24.6 Å². The summed E-state index contributed by atoms with van der Waals surface area (Å²) < 4.78 is 11.0. The number of rotatable bonds is 6. The van der Waals surface area contributed by atoms with Crippen molar-refractivity contribution in [3.8, 4) is 17.1 Å². The fourth-order valence-corrected chi connectivity index (χ4v) is 2.58. The topological polar surface area (TPSA) is 69.2 Å². The molecule has 0 radical (unpaired) electrons. The van der Waals surface area contributed by atoms with Gasteiger partial charge in [-0.1, -0.05) is 30.3 Å². The summed E-state index contributed by atoms with van der Waals surface area (Å²) >= 11 is 0. The Hall–Kier alpha value is -2.99. The average Bonchev–Trinajstić information content (AvgIpc) is 2.66. The van der Waals surface area contributed by atoms with Crippen LogP contribution in [0, 0.1) is 6.92 Å². The molecule has 132 valence electrons. The molecule has 0 spiro atoms. The quantitative estimate of drug-likeness (QED) is 0.737. The van der Waals surface area contributed by atoms with Gasteiger partial charge in [-0.3, -0.25) is 4.98 Å². The predicted molar refractivity (Wildman–Crippen MR) is 99.0 cm³/mol. The number of aromatic nitrogens is 3. The zero-order valence-corrected chi connectivity index (χ0v) is 14.6. The number of nitrogens with zero attached hydrogens (tertiary/aromatic N) is 3. The molecule has 0 aliphatic carbocycles. The lowest BCUT2D eigenvalue weighted by Crippen LogP contribution is -2.39. The molecular formula is C20H20N4O2. The zero-order chi connectivity index (χ0) is 17.8. The van der Waals surface area contributed by atoms with Gasteiger partial charge in [-0.2, -0.15) is 4.98 Å². The molecule has 3 aromatic rings. The SMILES string of the molecule is Cc1cnc(NCc2ccc(-c3ccccn3)cc2)nc1OC1COC1. The van der Waals surface area contributed by atoms with Crippen LogP contribution in [0.15, 0.2) is 54.9 Å². The number of hydrogen-bond donors (Lipinski definition) is 1. The molecular weight excluding hydrogens is 328 g/mol. The second-order valence-electron chi connectivity index (χ2n) is 6.22. The number of benzene rings is 1. The first-order chi connectivity index (χ1) is 12.8. The highest BCUT2D eigenvalue weighted by atomic mass is 16.6. The third-order valence-electron chi connectivity index (χ3n) is 4.18. The van der Waals surface area contributed by atoms with E-state index in [0.29, 0.717) is 31.6 Å². The number of anilines is 1. The Morgan fingerprint density at radius 3 is 2.65 bits per heavy atom. The van der Waals surface area contributed by atoms with Crippen molar-refractivity contribution in [2.45, 2.75) is 19.6 Å². The van der Waals surface area contributed by atoms with Crippen LogP contribution in [0.2, 0.25) is 0 Å². The summed E-state index contributed by atoms with van der Waals surface area (Å²) in [5.41, 5.74) is 4.13. The van der Waals surface area contributed by atoms with E-state index >= 15 is 0 Å². The summed E-state index contributed by atoms with van der Waals surface area (Å²) in [5, 5.41) is 3.25. The Bertz CT molecular complexity index is 865. The normalized spacial score (nSPS) is 13.9. The minimum Gasteiger partial charge on any atom is -0.469 e. The molecule has 0 atom stereocenters. The van der Waals surface area contributed by atoms with Gasteiger partial charge >= 0.3 is 0 Å². The molecule has 6 heteroatoms. The molecule has 1 aliphatic rings. The van der Waals surface area contributed by atoms with Crippen LogP contribution in [0.3, 0.4) is 0 Å². The second-order valence-corrected chi connectivity index (χ2v) is 6.22. The van der Waals surface area contributed by atoms with Gasteiger partial charge < -0.3 is 14.8 Å². The van der Waals surface area contributed by atoms with Crippen molar-refractivity contribution in [3.05, 3.63) is 66.0 Å². The summed E-state index contributed by atoms with van der Waals surface area (Å²) in [7, 11) is 0. The van der Waals surface area contributed by atoms with Gasteiger partial charge in [0.1, 0.15) is 6.10 Å². The molecule has 26 heavy (non-hydrogen) atoms. The molecule has 0 saturated carbocycles. The Morgan fingerprint density at radius 1 is 1.12 bits per heavy atom. The maximum Gasteiger partial charge on any atom is 0.226 e. The van der Waals surface area contributed by atoms with E-state index in [-0.39, 0.29) is 6.10 Å². The fourth-order valence-electron chi connectivity index (χ4n) is 2.58. The van der Waals surface area contributed by atoms with E-state index in [0.717, 1.165) is 22.4 Å². The number of nitrogens with one attached hydrogen (secondary N) is 1. The average molecular weight is 348 g/mol. The maximum absolute atomic E-state index is 5.82. The van der Waals surface area contributed by atoms with Crippen LogP contribution < -0.4 is 10.1 Å². The molecule has 1 aromatic carbocycles. The molecule has 0 bridgehead atoms. The highest BCUT2D eigenvalue weighted by Gasteiger charge is 2.21. The van der Waals surface area contributed by atoms with Crippen molar-refractivity contribution in [1.29, 1.82) is 0 Å². The van der Waals surface area contributed by atoms with Crippen LogP contribution in [-0.2, 0) is 11.3 Å². The lowest BCUT2D eigenvalue weighted by molar-refractivity contribution is -0.0815. The van der Waals surface area contributed by atoms with Crippen molar-refractivity contribution >= 4 is 5.95 Å². The summed E-state index contributed by atoms with van der Waals surface area (Å²) in [4.78, 5) is 13.2. The van der Waals surface area contributed by atoms with Crippen molar-refractivity contribution < 1.29 is 9.47 Å². The highest BCUT2D eigenvalue weighted by Crippen LogP contribution is 2.20. The van der Waals surface area contributed by atoms with Crippen molar-refractivity contribution in [2.24, 2.45) is 0 Å². The van der Waals surface area contributed by atoms with Gasteiger partial charge in [-0.25, -0.2) is 4.98 Å². The van der Waals surface area contributed by atoms with Gasteiger partial charge in [0.25, 0.3) is 0 Å². The monoisotopic (exact) mass is 348 g/mol. The van der Waals surface area contributed by atoms with Crippen LogP contribution in [0.5, 0.6) is 5.88 Å². The summed E-state index contributed by atoms with van der Waals surface area (Å²) in [5.74, 6) is 1.17. The van der Waals surface area contributed by atoms with Gasteiger partial charge in [0.2, 0.25) is 11.8 Å². The molecule has 2 aromatic heterocycles. The Morgan fingerprint density at radius 2 is 1.96 bits per heavy atom. The van der Waals surface area contributed by atoms with Crippen LogP contribution in [-0.4, -0.2) is 34.3 Å². The van der Waals surface area contributed by atoms with E-state index in [1.54, 1.807) is 12.4 Å². The van der Waals surface area contributed by atoms with Crippen LogP contribution in [0.25, 0.3) is 11.3 Å². The largest absolute Gasteiger partial charge is 0.469 e. The maximum atomic E-state index is 5.82. The minimum absolute atomic E-state index is 0.0931. The third kappa shape index (κ3) is 3.81. The molecule has 4 rings (SSSR count). The van der Waals surface area contributed by atoms with Crippen molar-refractivity contribution in [3.63, 3.8) is 0 Å². The van der Waals surface area contributed by atoms with Crippen molar-refractivity contribution in [1.82, 2.24) is 15.0 Å². The van der Waals surface area contributed by atoms with Gasteiger partial charge in [0.15, 0.2) is 0 Å². The van der Waals surface area contributed by atoms with E-state index in [2.05, 4.69) is 44.5 Å². The summed E-state index contributed by atoms with van der Waals surface area (Å²) in [6.07, 6.45) is 3.67. The summed E-state index contributed by atoms with van der Waals surface area (Å²) in [6.45, 7) is 3.82. The molecule has 1 saturated heterocycles. The number of ether oxygens (including phenoxy) is 2. The fraction of sp³-hybridized carbons (Fsp3) is 0.250. The third-order valence-corrected chi connectivity index (χ3v) is 4.18.